The number of hydrogen-bond acceptors (Lipinski definition) is 5. The first-order valence-corrected chi connectivity index (χ1v) is 9.23. The number of nitrogens with one attached hydrogen (secondary N) is 1. The number of fused-ring (bicyclic) bond motifs is 1. The zero-order valence-electron chi connectivity index (χ0n) is 13.2. The van der Waals surface area contributed by atoms with Crippen molar-refractivity contribution in [3.05, 3.63) is 41.2 Å². The van der Waals surface area contributed by atoms with Crippen molar-refractivity contribution >= 4 is 23.6 Å². The summed E-state index contributed by atoms with van der Waals surface area (Å²) in [5.74, 6) is 1.64. The predicted octanol–water partition coefficient (Wildman–Crippen LogP) is 2.85. The van der Waals surface area contributed by atoms with E-state index >= 15 is 0 Å². The number of amides is 2. The highest BCUT2D eigenvalue weighted by atomic mass is 32.2. The van der Waals surface area contributed by atoms with Gasteiger partial charge < -0.3 is 0 Å². The van der Waals surface area contributed by atoms with Crippen LogP contribution in [0.2, 0.25) is 0 Å². The maximum absolute atomic E-state index is 12.3. The Kier molecular flexibility index (Phi) is 4.10. The average molecular weight is 342 g/mol. The summed E-state index contributed by atoms with van der Waals surface area (Å²) in [6.07, 6.45) is 4.86. The van der Waals surface area contributed by atoms with Crippen molar-refractivity contribution in [2.24, 2.45) is 0 Å². The zero-order valence-corrected chi connectivity index (χ0v) is 14.0. The lowest BCUT2D eigenvalue weighted by molar-refractivity contribution is 0.0664. The molecule has 1 aromatic heterocycles. The second-order valence-corrected chi connectivity index (χ2v) is 7.20. The summed E-state index contributed by atoms with van der Waals surface area (Å²) in [6.45, 7) is 0.365. The first kappa shape index (κ1) is 15.4. The highest BCUT2D eigenvalue weighted by molar-refractivity contribution is 7.99. The highest BCUT2D eigenvalue weighted by Gasteiger charge is 2.34. The number of hydrogen-bond donors (Lipinski definition) is 1. The molecule has 0 bridgehead atoms. The van der Waals surface area contributed by atoms with Crippen molar-refractivity contribution in [2.75, 3.05) is 12.3 Å². The summed E-state index contributed by atoms with van der Waals surface area (Å²) in [6, 6.07) is 6.96. The Morgan fingerprint density at radius 3 is 2.46 bits per heavy atom. The summed E-state index contributed by atoms with van der Waals surface area (Å²) >= 11 is 1.47. The molecule has 1 fully saturated rings. The molecule has 1 saturated carbocycles. The van der Waals surface area contributed by atoms with Gasteiger partial charge in [-0.05, 0) is 25.0 Å². The molecule has 1 N–H and O–H groups in total. The Bertz CT molecular complexity index is 747. The van der Waals surface area contributed by atoms with E-state index in [-0.39, 0.29) is 11.8 Å². The number of aromatic nitrogens is 3. The molecule has 24 heavy (non-hydrogen) atoms. The van der Waals surface area contributed by atoms with Gasteiger partial charge in [-0.25, -0.2) is 4.98 Å². The fourth-order valence-corrected chi connectivity index (χ4v) is 4.10. The monoisotopic (exact) mass is 342 g/mol. The molecular formula is C17H18N4O2S. The third-order valence-electron chi connectivity index (χ3n) is 4.65. The smallest absolute Gasteiger partial charge is 0.261 e. The molecule has 6 nitrogen and oxygen atoms in total. The van der Waals surface area contributed by atoms with Crippen LogP contribution in [0.3, 0.4) is 0 Å². The summed E-state index contributed by atoms with van der Waals surface area (Å²) in [4.78, 5) is 30.4. The molecule has 0 spiro atoms. The summed E-state index contributed by atoms with van der Waals surface area (Å²) in [5, 5.41) is 7.96. The van der Waals surface area contributed by atoms with Crippen molar-refractivity contribution < 1.29 is 9.59 Å². The Morgan fingerprint density at radius 1 is 1.12 bits per heavy atom. The maximum Gasteiger partial charge on any atom is 0.261 e. The molecular weight excluding hydrogens is 324 g/mol. The van der Waals surface area contributed by atoms with E-state index in [1.54, 1.807) is 24.3 Å². The third-order valence-corrected chi connectivity index (χ3v) is 5.48. The Balaban J connectivity index is 1.35. The molecule has 1 aliphatic heterocycles. The van der Waals surface area contributed by atoms with Gasteiger partial charge in [0.2, 0.25) is 5.16 Å². The number of carbonyl (C=O) groups is 2. The lowest BCUT2D eigenvalue weighted by Gasteiger charge is -2.12. The van der Waals surface area contributed by atoms with Gasteiger partial charge in [0.1, 0.15) is 5.82 Å². The van der Waals surface area contributed by atoms with Crippen molar-refractivity contribution in [3.8, 4) is 0 Å². The van der Waals surface area contributed by atoms with Crippen molar-refractivity contribution in [3.63, 3.8) is 0 Å². The molecule has 0 unspecified atom stereocenters. The molecule has 7 heteroatoms. The number of benzene rings is 1. The fourth-order valence-electron chi connectivity index (χ4n) is 3.37. The van der Waals surface area contributed by atoms with E-state index in [1.807, 2.05) is 0 Å². The van der Waals surface area contributed by atoms with Gasteiger partial charge in [0.15, 0.2) is 0 Å². The molecule has 4 rings (SSSR count). The van der Waals surface area contributed by atoms with Gasteiger partial charge in [0.05, 0.1) is 11.1 Å². The first-order valence-electron chi connectivity index (χ1n) is 8.24. The van der Waals surface area contributed by atoms with Crippen LogP contribution in [0.5, 0.6) is 0 Å². The predicted molar refractivity (Wildman–Crippen MR) is 90.1 cm³/mol. The van der Waals surface area contributed by atoms with Gasteiger partial charge in [0.25, 0.3) is 11.8 Å². The van der Waals surface area contributed by atoms with Crippen LogP contribution in [0.15, 0.2) is 29.4 Å². The van der Waals surface area contributed by atoms with E-state index in [9.17, 15) is 9.59 Å². The van der Waals surface area contributed by atoms with Crippen LogP contribution in [0, 0.1) is 0 Å². The summed E-state index contributed by atoms with van der Waals surface area (Å²) in [5.41, 5.74) is 0.989. The SMILES string of the molecule is O=C1c2ccccc2C(=O)N1CCSc1n[nH]c(C2CCCC2)n1. The minimum absolute atomic E-state index is 0.210. The lowest BCUT2D eigenvalue weighted by atomic mass is 10.1. The van der Waals surface area contributed by atoms with E-state index < -0.39 is 0 Å². The molecule has 0 atom stereocenters. The number of nitrogens with zero attached hydrogens (tertiary/aromatic N) is 3. The number of imide groups is 1. The van der Waals surface area contributed by atoms with E-state index in [0.29, 0.717) is 34.5 Å². The quantitative estimate of drug-likeness (QED) is 0.668. The van der Waals surface area contributed by atoms with E-state index in [0.717, 1.165) is 5.82 Å². The van der Waals surface area contributed by atoms with Crippen LogP contribution in [0.1, 0.15) is 58.1 Å². The molecule has 2 aliphatic rings. The van der Waals surface area contributed by atoms with Crippen LogP contribution in [-0.2, 0) is 0 Å². The number of aromatic amines is 1. The van der Waals surface area contributed by atoms with E-state index in [1.165, 1.54) is 42.3 Å². The number of rotatable bonds is 5. The van der Waals surface area contributed by atoms with Crippen molar-refractivity contribution in [1.29, 1.82) is 0 Å². The number of thioether (sulfide) groups is 1. The largest absolute Gasteiger partial charge is 0.273 e. The molecule has 0 saturated heterocycles. The maximum atomic E-state index is 12.3. The number of carbonyl (C=O) groups excluding carboxylic acids is 2. The lowest BCUT2D eigenvalue weighted by Crippen LogP contribution is -2.31. The average Bonchev–Trinajstić information content (AvgIpc) is 3.32. The fraction of sp³-hybridized carbons (Fsp3) is 0.412. The standard InChI is InChI=1S/C17H18N4O2S/c22-15-12-7-3-4-8-13(12)16(23)21(15)9-10-24-17-18-14(19-20-17)11-5-1-2-6-11/h3-4,7-8,11H,1-2,5-6,9-10H2,(H,18,19,20). The molecule has 1 aliphatic carbocycles. The van der Waals surface area contributed by atoms with E-state index in [4.69, 9.17) is 0 Å². The van der Waals surface area contributed by atoms with Crippen LogP contribution in [0.25, 0.3) is 0 Å². The highest BCUT2D eigenvalue weighted by Crippen LogP contribution is 2.32. The minimum atomic E-state index is -0.210. The number of H-pyrrole nitrogens is 1. The van der Waals surface area contributed by atoms with Gasteiger partial charge in [-0.3, -0.25) is 19.6 Å². The van der Waals surface area contributed by atoms with Crippen LogP contribution in [-0.4, -0.2) is 44.2 Å². The minimum Gasteiger partial charge on any atom is -0.273 e. The molecule has 2 amide bonds. The Hall–Kier alpha value is -2.15. The van der Waals surface area contributed by atoms with Crippen molar-refractivity contribution in [2.45, 2.75) is 36.8 Å². The van der Waals surface area contributed by atoms with Crippen molar-refractivity contribution in [1.82, 2.24) is 20.1 Å². The molecule has 124 valence electrons. The zero-order chi connectivity index (χ0) is 16.5. The van der Waals surface area contributed by atoms with Gasteiger partial charge in [-0.1, -0.05) is 36.7 Å². The second-order valence-electron chi connectivity index (χ2n) is 6.14. The van der Waals surface area contributed by atoms with Gasteiger partial charge in [-0.2, -0.15) is 0 Å². The summed E-state index contributed by atoms with van der Waals surface area (Å²) < 4.78 is 0. The normalized spacial score (nSPS) is 17.8. The van der Waals surface area contributed by atoms with Gasteiger partial charge in [-0.15, -0.1) is 5.10 Å². The molecule has 1 aromatic carbocycles. The third kappa shape index (κ3) is 2.73. The Morgan fingerprint density at radius 2 is 1.79 bits per heavy atom. The Labute approximate surface area is 144 Å². The first-order chi connectivity index (χ1) is 11.7. The molecule has 2 aromatic rings. The van der Waals surface area contributed by atoms with E-state index in [2.05, 4.69) is 15.2 Å². The molecule has 0 radical (unpaired) electrons. The van der Waals surface area contributed by atoms with Crippen LogP contribution >= 0.6 is 11.8 Å². The topological polar surface area (TPSA) is 79.0 Å². The van der Waals surface area contributed by atoms with Crippen LogP contribution < -0.4 is 0 Å². The van der Waals surface area contributed by atoms with Crippen LogP contribution in [0.4, 0.5) is 0 Å². The second kappa shape index (κ2) is 6.39. The summed E-state index contributed by atoms with van der Waals surface area (Å²) in [7, 11) is 0. The van der Waals surface area contributed by atoms with Gasteiger partial charge >= 0.3 is 0 Å². The van der Waals surface area contributed by atoms with Gasteiger partial charge in [0, 0.05) is 18.2 Å². The molecule has 2 heterocycles.